The van der Waals surface area contributed by atoms with E-state index in [4.69, 9.17) is 0 Å². The van der Waals surface area contributed by atoms with E-state index in [1.807, 2.05) is 37.9 Å². The molecule has 3 nitrogen and oxygen atoms in total. The predicted octanol–water partition coefficient (Wildman–Crippen LogP) is 5.39. The van der Waals surface area contributed by atoms with Crippen LogP contribution in [-0.4, -0.2) is 21.9 Å². The van der Waals surface area contributed by atoms with Crippen molar-refractivity contribution in [2.75, 3.05) is 6.54 Å². The molecule has 0 N–H and O–H groups in total. The van der Waals surface area contributed by atoms with E-state index < -0.39 is 0 Å². The Morgan fingerprint density at radius 1 is 1.11 bits per heavy atom. The molecule has 2 heterocycles. The van der Waals surface area contributed by atoms with Crippen LogP contribution in [0.15, 0.2) is 72.3 Å². The summed E-state index contributed by atoms with van der Waals surface area (Å²) in [6.07, 6.45) is 1.76. The first-order chi connectivity index (χ1) is 13.5. The maximum Gasteiger partial charge on any atom is 0.250 e. The Bertz CT molecular complexity index is 1120. The average Bonchev–Trinajstić information content (AvgIpc) is 3.10. The van der Waals surface area contributed by atoms with Gasteiger partial charge in [0.2, 0.25) is 0 Å². The normalized spacial score (nSPS) is 17.1. The second-order valence-corrected chi connectivity index (χ2v) is 7.30. The number of hydrogen-bond acceptors (Lipinski definition) is 1. The average molecular weight is 374 g/mol. The maximum absolute atomic E-state index is 13.6. The molecule has 4 heteroatoms. The molecule has 0 radical (unpaired) electrons. The number of benzene rings is 2. The third-order valence-corrected chi connectivity index (χ3v) is 5.76. The number of aryl methyl sites for hydroxylation is 1. The molecule has 3 aromatic rings. The van der Waals surface area contributed by atoms with Crippen LogP contribution in [0.4, 0.5) is 4.39 Å². The number of carbonyl (C=O) groups is 1. The molecule has 2 aromatic carbocycles. The Morgan fingerprint density at radius 2 is 1.79 bits per heavy atom. The summed E-state index contributed by atoms with van der Waals surface area (Å²) < 4.78 is 15.7. The minimum atomic E-state index is -0.264. The number of hydrogen-bond donors (Lipinski definition) is 0. The topological polar surface area (TPSA) is 25.2 Å². The van der Waals surface area contributed by atoms with E-state index in [9.17, 15) is 9.18 Å². The molecule has 1 aliphatic rings. The number of amides is 1. The Morgan fingerprint density at radius 3 is 2.46 bits per heavy atom. The monoisotopic (exact) mass is 374 g/mol. The van der Waals surface area contributed by atoms with Gasteiger partial charge in [0.15, 0.2) is 0 Å². The Kier molecular flexibility index (Phi) is 4.42. The van der Waals surface area contributed by atoms with E-state index in [0.717, 1.165) is 38.9 Å². The molecule has 0 bridgehead atoms. The minimum absolute atomic E-state index is 0.0420. The summed E-state index contributed by atoms with van der Waals surface area (Å²) in [5.41, 5.74) is 5.92. The van der Waals surface area contributed by atoms with Crippen LogP contribution in [0.25, 0.3) is 22.2 Å². The van der Waals surface area contributed by atoms with Crippen LogP contribution >= 0.6 is 0 Å². The summed E-state index contributed by atoms with van der Waals surface area (Å²) >= 11 is 0. The number of para-hydroxylation sites is 1. The third-order valence-electron chi connectivity index (χ3n) is 5.76. The standard InChI is InChI=1S/C24H23FN2O/c1-5-14-27-22(15(2)16(3)24(27)28)21-19-8-6-7-9-20(19)26(4)23(21)17-10-12-18(25)13-11-17/h5-13,22H,1,14H2,2-4H3/t22-/m0/s1. The number of halogens is 1. The molecule has 0 saturated carbocycles. The van der Waals surface area contributed by atoms with Gasteiger partial charge in [-0.1, -0.05) is 24.3 Å². The van der Waals surface area contributed by atoms with Crippen LogP contribution in [0.2, 0.25) is 0 Å². The van der Waals surface area contributed by atoms with Gasteiger partial charge in [-0.15, -0.1) is 6.58 Å². The van der Waals surface area contributed by atoms with E-state index in [-0.39, 0.29) is 17.8 Å². The molecule has 1 aliphatic heterocycles. The third kappa shape index (κ3) is 2.60. The Labute approximate surface area is 164 Å². The Balaban J connectivity index is 2.06. The highest BCUT2D eigenvalue weighted by atomic mass is 19.1. The van der Waals surface area contributed by atoms with Gasteiger partial charge in [0, 0.05) is 35.6 Å². The van der Waals surface area contributed by atoms with Gasteiger partial charge < -0.3 is 9.47 Å². The highest BCUT2D eigenvalue weighted by Gasteiger charge is 2.38. The second kappa shape index (κ2) is 6.79. The van der Waals surface area contributed by atoms with Crippen LogP contribution in [0.5, 0.6) is 0 Å². The SMILES string of the molecule is C=CCN1C(=O)C(C)=C(C)[C@H]1c1c(-c2ccc(F)cc2)n(C)c2ccccc12. The van der Waals surface area contributed by atoms with Crippen LogP contribution in [0.1, 0.15) is 25.5 Å². The van der Waals surface area contributed by atoms with E-state index in [1.165, 1.54) is 12.1 Å². The summed E-state index contributed by atoms with van der Waals surface area (Å²) in [6.45, 7) is 8.22. The van der Waals surface area contributed by atoms with Crippen molar-refractivity contribution in [3.8, 4) is 11.3 Å². The van der Waals surface area contributed by atoms with Crippen molar-refractivity contribution in [2.24, 2.45) is 7.05 Å². The van der Waals surface area contributed by atoms with Gasteiger partial charge in [0.1, 0.15) is 5.82 Å². The maximum atomic E-state index is 13.6. The van der Waals surface area contributed by atoms with E-state index in [1.54, 1.807) is 18.2 Å². The molecule has 1 aromatic heterocycles. The molecule has 0 fully saturated rings. The molecule has 28 heavy (non-hydrogen) atoms. The van der Waals surface area contributed by atoms with Crippen molar-refractivity contribution in [2.45, 2.75) is 19.9 Å². The minimum Gasteiger partial charge on any atom is -0.343 e. The first kappa shape index (κ1) is 18.2. The smallest absolute Gasteiger partial charge is 0.250 e. The fourth-order valence-electron chi connectivity index (χ4n) is 4.30. The van der Waals surface area contributed by atoms with E-state index in [2.05, 4.69) is 23.3 Å². The van der Waals surface area contributed by atoms with Gasteiger partial charge in [0.05, 0.1) is 11.7 Å². The lowest BCUT2D eigenvalue weighted by Gasteiger charge is -2.27. The van der Waals surface area contributed by atoms with Gasteiger partial charge >= 0.3 is 0 Å². The largest absolute Gasteiger partial charge is 0.343 e. The predicted molar refractivity (Wildman–Crippen MR) is 111 cm³/mol. The van der Waals surface area contributed by atoms with Crippen LogP contribution in [0.3, 0.4) is 0 Å². The quantitative estimate of drug-likeness (QED) is 0.562. The zero-order chi connectivity index (χ0) is 20.0. The van der Waals surface area contributed by atoms with Gasteiger partial charge in [0.25, 0.3) is 5.91 Å². The fourth-order valence-corrected chi connectivity index (χ4v) is 4.30. The summed E-state index contributed by atoms with van der Waals surface area (Å²) in [5, 5.41) is 1.10. The summed E-state index contributed by atoms with van der Waals surface area (Å²) in [5.74, 6) is -0.222. The molecule has 0 spiro atoms. The molecular formula is C24H23FN2O. The van der Waals surface area contributed by atoms with Crippen LogP contribution in [0, 0.1) is 5.82 Å². The molecule has 0 unspecified atom stereocenters. The zero-order valence-electron chi connectivity index (χ0n) is 16.4. The molecule has 142 valence electrons. The number of nitrogens with zero attached hydrogens (tertiary/aromatic N) is 2. The van der Waals surface area contributed by atoms with Gasteiger partial charge in [-0.05, 0) is 55.3 Å². The van der Waals surface area contributed by atoms with Crippen molar-refractivity contribution in [3.05, 3.63) is 83.7 Å². The van der Waals surface area contributed by atoms with Crippen molar-refractivity contribution < 1.29 is 9.18 Å². The fraction of sp³-hybridized carbons (Fsp3) is 0.208. The first-order valence-electron chi connectivity index (χ1n) is 9.38. The lowest BCUT2D eigenvalue weighted by molar-refractivity contribution is -0.126. The van der Waals surface area contributed by atoms with Crippen molar-refractivity contribution in [3.63, 3.8) is 0 Å². The molecule has 1 atom stereocenters. The molecular weight excluding hydrogens is 351 g/mol. The lowest BCUT2D eigenvalue weighted by Crippen LogP contribution is -2.30. The number of aromatic nitrogens is 1. The van der Waals surface area contributed by atoms with Gasteiger partial charge in [-0.3, -0.25) is 4.79 Å². The summed E-state index contributed by atoms with van der Waals surface area (Å²) in [6, 6.07) is 14.6. The summed E-state index contributed by atoms with van der Waals surface area (Å²) in [7, 11) is 2.02. The zero-order valence-corrected chi connectivity index (χ0v) is 16.4. The number of fused-ring (bicyclic) bond motifs is 1. The molecule has 1 amide bonds. The summed E-state index contributed by atoms with van der Waals surface area (Å²) in [4.78, 5) is 14.8. The number of rotatable bonds is 4. The lowest BCUT2D eigenvalue weighted by atomic mass is 9.93. The van der Waals surface area contributed by atoms with Crippen molar-refractivity contribution in [1.29, 1.82) is 0 Å². The molecule has 0 aliphatic carbocycles. The molecule has 0 saturated heterocycles. The highest BCUT2D eigenvalue weighted by molar-refractivity contribution is 6.00. The highest BCUT2D eigenvalue weighted by Crippen LogP contribution is 2.45. The van der Waals surface area contributed by atoms with Crippen molar-refractivity contribution >= 4 is 16.8 Å². The number of carbonyl (C=O) groups excluding carboxylic acids is 1. The van der Waals surface area contributed by atoms with Crippen molar-refractivity contribution in [1.82, 2.24) is 9.47 Å². The first-order valence-corrected chi connectivity index (χ1v) is 9.38. The molecule has 4 rings (SSSR count). The van der Waals surface area contributed by atoms with Gasteiger partial charge in [-0.25, -0.2) is 4.39 Å². The van der Waals surface area contributed by atoms with Gasteiger partial charge in [-0.2, -0.15) is 0 Å². The second-order valence-electron chi connectivity index (χ2n) is 7.30. The van der Waals surface area contributed by atoms with E-state index >= 15 is 0 Å². The van der Waals surface area contributed by atoms with Crippen LogP contribution < -0.4 is 0 Å². The van der Waals surface area contributed by atoms with E-state index in [0.29, 0.717) is 6.54 Å². The Hall–Kier alpha value is -3.14. The van der Waals surface area contributed by atoms with Crippen LogP contribution in [-0.2, 0) is 11.8 Å².